The average molecular weight is 270 g/mol. The predicted octanol–water partition coefficient (Wildman–Crippen LogP) is 2.47. The third kappa shape index (κ3) is 2.59. The number of phenols is 1. The molecule has 1 aromatic heterocycles. The standard InChI is InChI=1S/C10H8F2N4OS/c11-8(12)9-14-15-10(18)16(9)13-5-6-1-3-7(17)4-2-6/h1-5,8,17H,(H,15,18). The fourth-order valence-corrected chi connectivity index (χ4v) is 1.43. The molecule has 0 spiro atoms. The highest BCUT2D eigenvalue weighted by molar-refractivity contribution is 7.71. The Kier molecular flexibility index (Phi) is 3.47. The maximum absolute atomic E-state index is 12.6. The molecule has 0 atom stereocenters. The monoisotopic (exact) mass is 270 g/mol. The molecule has 94 valence electrons. The fourth-order valence-electron chi connectivity index (χ4n) is 1.24. The summed E-state index contributed by atoms with van der Waals surface area (Å²) >= 11 is 4.79. The van der Waals surface area contributed by atoms with Crippen LogP contribution in [0.2, 0.25) is 0 Å². The van der Waals surface area contributed by atoms with Crippen LogP contribution in [0, 0.1) is 4.77 Å². The summed E-state index contributed by atoms with van der Waals surface area (Å²) in [7, 11) is 0. The number of alkyl halides is 2. The second-order valence-electron chi connectivity index (χ2n) is 3.34. The Balaban J connectivity index is 2.31. The van der Waals surface area contributed by atoms with Crippen molar-refractivity contribution in [2.24, 2.45) is 5.10 Å². The quantitative estimate of drug-likeness (QED) is 0.665. The van der Waals surface area contributed by atoms with Crippen LogP contribution >= 0.6 is 12.2 Å². The SMILES string of the molecule is Oc1ccc(C=Nn2c(C(F)F)n[nH]c2=S)cc1. The van der Waals surface area contributed by atoms with E-state index >= 15 is 0 Å². The van der Waals surface area contributed by atoms with Crippen molar-refractivity contribution in [3.05, 3.63) is 40.4 Å². The van der Waals surface area contributed by atoms with Gasteiger partial charge in [-0.2, -0.15) is 14.9 Å². The van der Waals surface area contributed by atoms with Gasteiger partial charge in [-0.3, -0.25) is 0 Å². The highest BCUT2D eigenvalue weighted by Crippen LogP contribution is 2.16. The third-order valence-electron chi connectivity index (χ3n) is 2.09. The first-order valence-corrected chi connectivity index (χ1v) is 5.27. The Morgan fingerprint density at radius 3 is 2.67 bits per heavy atom. The molecular weight excluding hydrogens is 262 g/mol. The van der Waals surface area contributed by atoms with Gasteiger partial charge in [0, 0.05) is 0 Å². The van der Waals surface area contributed by atoms with E-state index < -0.39 is 12.2 Å². The molecule has 0 aliphatic rings. The lowest BCUT2D eigenvalue weighted by Crippen LogP contribution is -1.99. The Morgan fingerprint density at radius 1 is 1.39 bits per heavy atom. The number of aromatic amines is 1. The minimum atomic E-state index is -2.77. The van der Waals surface area contributed by atoms with Gasteiger partial charge in [-0.15, -0.1) is 0 Å². The number of benzene rings is 1. The number of phenolic OH excluding ortho intramolecular Hbond substituents is 1. The number of aromatic hydroxyl groups is 1. The van der Waals surface area contributed by atoms with Gasteiger partial charge in [0.25, 0.3) is 6.43 Å². The van der Waals surface area contributed by atoms with E-state index in [4.69, 9.17) is 17.3 Å². The fraction of sp³-hybridized carbons (Fsp3) is 0.100. The van der Waals surface area contributed by atoms with Crippen LogP contribution in [0.3, 0.4) is 0 Å². The zero-order valence-electron chi connectivity index (χ0n) is 8.92. The van der Waals surface area contributed by atoms with Crippen molar-refractivity contribution in [2.45, 2.75) is 6.43 Å². The van der Waals surface area contributed by atoms with E-state index in [0.717, 1.165) is 4.68 Å². The molecular formula is C10H8F2N4OS. The molecule has 8 heteroatoms. The van der Waals surface area contributed by atoms with Gasteiger partial charge in [-0.05, 0) is 42.0 Å². The number of hydrogen-bond donors (Lipinski definition) is 2. The third-order valence-corrected chi connectivity index (χ3v) is 2.35. The van der Waals surface area contributed by atoms with Gasteiger partial charge in [0.05, 0.1) is 6.21 Å². The summed E-state index contributed by atoms with van der Waals surface area (Å²) in [6, 6.07) is 6.10. The van der Waals surface area contributed by atoms with E-state index in [1.165, 1.54) is 18.3 Å². The van der Waals surface area contributed by atoms with Crippen LogP contribution in [0.4, 0.5) is 8.78 Å². The summed E-state index contributed by atoms with van der Waals surface area (Å²) < 4.78 is 26.0. The number of hydrogen-bond acceptors (Lipinski definition) is 4. The first kappa shape index (κ1) is 12.4. The number of nitrogens with one attached hydrogen (secondary N) is 1. The van der Waals surface area contributed by atoms with Gasteiger partial charge in [0.2, 0.25) is 10.6 Å². The van der Waals surface area contributed by atoms with E-state index in [9.17, 15) is 8.78 Å². The second-order valence-corrected chi connectivity index (χ2v) is 3.72. The molecule has 0 saturated heterocycles. The van der Waals surface area contributed by atoms with E-state index in [1.807, 2.05) is 0 Å². The number of aromatic nitrogens is 3. The van der Waals surface area contributed by atoms with Gasteiger partial charge in [-0.1, -0.05) is 0 Å². The van der Waals surface area contributed by atoms with Crippen molar-refractivity contribution in [3.63, 3.8) is 0 Å². The molecule has 1 heterocycles. The first-order chi connectivity index (χ1) is 8.58. The molecule has 0 amide bonds. The van der Waals surface area contributed by atoms with Gasteiger partial charge >= 0.3 is 0 Å². The van der Waals surface area contributed by atoms with Crippen LogP contribution in [0.5, 0.6) is 5.75 Å². The van der Waals surface area contributed by atoms with Gasteiger partial charge in [-0.25, -0.2) is 13.9 Å². The number of rotatable bonds is 3. The minimum Gasteiger partial charge on any atom is -0.508 e. The number of halogens is 2. The van der Waals surface area contributed by atoms with Crippen LogP contribution in [0.15, 0.2) is 29.4 Å². The zero-order valence-corrected chi connectivity index (χ0v) is 9.73. The summed E-state index contributed by atoms with van der Waals surface area (Å²) in [5, 5.41) is 18.5. The highest BCUT2D eigenvalue weighted by Gasteiger charge is 2.15. The van der Waals surface area contributed by atoms with Crippen LogP contribution in [0.25, 0.3) is 0 Å². The topological polar surface area (TPSA) is 66.2 Å². The van der Waals surface area contributed by atoms with Crippen molar-refractivity contribution in [3.8, 4) is 5.75 Å². The van der Waals surface area contributed by atoms with Crippen molar-refractivity contribution in [2.75, 3.05) is 0 Å². The van der Waals surface area contributed by atoms with Crippen molar-refractivity contribution in [1.29, 1.82) is 0 Å². The molecule has 0 bridgehead atoms. The summed E-state index contributed by atoms with van der Waals surface area (Å²) in [4.78, 5) is 0. The van der Waals surface area contributed by atoms with Gasteiger partial charge in [0.1, 0.15) is 5.75 Å². The van der Waals surface area contributed by atoms with Gasteiger partial charge < -0.3 is 5.11 Å². The smallest absolute Gasteiger partial charge is 0.299 e. The van der Waals surface area contributed by atoms with E-state index in [1.54, 1.807) is 12.1 Å². The van der Waals surface area contributed by atoms with E-state index in [2.05, 4.69) is 15.3 Å². The molecule has 0 saturated carbocycles. The molecule has 0 radical (unpaired) electrons. The lowest BCUT2D eigenvalue weighted by molar-refractivity contribution is 0.136. The van der Waals surface area contributed by atoms with Crippen molar-refractivity contribution >= 4 is 18.4 Å². The summed E-state index contributed by atoms with van der Waals surface area (Å²) in [6.45, 7) is 0. The Bertz CT molecular complexity index is 618. The second kappa shape index (κ2) is 5.05. The highest BCUT2D eigenvalue weighted by atomic mass is 32.1. The predicted molar refractivity (Wildman–Crippen MR) is 63.5 cm³/mol. The Morgan fingerprint density at radius 2 is 2.06 bits per heavy atom. The molecule has 2 N–H and O–H groups in total. The molecule has 0 aliphatic carbocycles. The Labute approximate surface area is 105 Å². The van der Waals surface area contributed by atoms with Crippen molar-refractivity contribution in [1.82, 2.24) is 14.9 Å². The molecule has 18 heavy (non-hydrogen) atoms. The maximum Gasteiger partial charge on any atom is 0.299 e. The molecule has 2 rings (SSSR count). The lowest BCUT2D eigenvalue weighted by Gasteiger charge is -1.98. The maximum atomic E-state index is 12.6. The molecule has 5 nitrogen and oxygen atoms in total. The first-order valence-electron chi connectivity index (χ1n) is 4.87. The Hall–Kier alpha value is -2.09. The normalized spacial score (nSPS) is 11.5. The van der Waals surface area contributed by atoms with Crippen LogP contribution in [-0.4, -0.2) is 26.2 Å². The van der Waals surface area contributed by atoms with Crippen LogP contribution in [-0.2, 0) is 0 Å². The largest absolute Gasteiger partial charge is 0.508 e. The number of nitrogens with zero attached hydrogens (tertiary/aromatic N) is 3. The van der Waals surface area contributed by atoms with Crippen LogP contribution in [0.1, 0.15) is 17.8 Å². The molecule has 2 aromatic rings. The molecule has 0 fully saturated rings. The average Bonchev–Trinajstić information content (AvgIpc) is 2.70. The number of H-pyrrole nitrogens is 1. The summed E-state index contributed by atoms with van der Waals surface area (Å²) in [6.07, 6.45) is -1.42. The van der Waals surface area contributed by atoms with Crippen molar-refractivity contribution < 1.29 is 13.9 Å². The summed E-state index contributed by atoms with van der Waals surface area (Å²) in [5.41, 5.74) is 0.635. The van der Waals surface area contributed by atoms with Gasteiger partial charge in [0.15, 0.2) is 0 Å². The van der Waals surface area contributed by atoms with E-state index in [-0.39, 0.29) is 10.5 Å². The minimum absolute atomic E-state index is 0.0136. The van der Waals surface area contributed by atoms with E-state index in [0.29, 0.717) is 5.56 Å². The molecule has 0 aliphatic heterocycles. The lowest BCUT2D eigenvalue weighted by atomic mass is 10.2. The molecule has 0 unspecified atom stereocenters. The molecule has 1 aromatic carbocycles. The zero-order chi connectivity index (χ0) is 13.1. The van der Waals surface area contributed by atoms with Crippen LogP contribution < -0.4 is 0 Å². The summed E-state index contributed by atoms with van der Waals surface area (Å²) in [5.74, 6) is -0.435.